The molecule has 0 radical (unpaired) electrons. The van der Waals surface area contributed by atoms with E-state index in [0.29, 0.717) is 11.3 Å². The highest BCUT2D eigenvalue weighted by molar-refractivity contribution is 6.01. The summed E-state index contributed by atoms with van der Waals surface area (Å²) in [5.41, 5.74) is 7.57. The number of benzene rings is 2. The average molecular weight is 284 g/mol. The number of hydrogen-bond donors (Lipinski definition) is 3. The standard InChI is InChI=1S/C17H20N2O2/c1-12-7-6-10-14(18)15(12)16(21)19-17(2,11-20)13-8-4-3-5-9-13/h3-10,20H,11,18H2,1-2H3,(H,19,21). The maximum Gasteiger partial charge on any atom is 0.254 e. The van der Waals surface area contributed by atoms with Crippen molar-refractivity contribution in [3.8, 4) is 0 Å². The second-order valence-electron chi connectivity index (χ2n) is 5.35. The van der Waals surface area contributed by atoms with Crippen LogP contribution in [-0.4, -0.2) is 17.6 Å². The van der Waals surface area contributed by atoms with Crippen LogP contribution in [0, 0.1) is 6.92 Å². The van der Waals surface area contributed by atoms with Gasteiger partial charge in [0.1, 0.15) is 0 Å². The highest BCUT2D eigenvalue weighted by Gasteiger charge is 2.29. The number of hydrogen-bond acceptors (Lipinski definition) is 3. The summed E-state index contributed by atoms with van der Waals surface area (Å²) in [6.07, 6.45) is 0. The van der Waals surface area contributed by atoms with E-state index in [4.69, 9.17) is 5.73 Å². The fourth-order valence-electron chi connectivity index (χ4n) is 2.32. The van der Waals surface area contributed by atoms with Gasteiger partial charge in [0.05, 0.1) is 17.7 Å². The Labute approximate surface area is 124 Å². The van der Waals surface area contributed by atoms with Crippen LogP contribution in [-0.2, 0) is 5.54 Å². The summed E-state index contributed by atoms with van der Waals surface area (Å²) in [6, 6.07) is 14.7. The molecule has 4 nitrogen and oxygen atoms in total. The van der Waals surface area contributed by atoms with Gasteiger partial charge in [0.2, 0.25) is 0 Å². The van der Waals surface area contributed by atoms with E-state index in [0.717, 1.165) is 11.1 Å². The minimum atomic E-state index is -0.854. The van der Waals surface area contributed by atoms with Gasteiger partial charge in [-0.05, 0) is 31.0 Å². The van der Waals surface area contributed by atoms with Crippen molar-refractivity contribution in [1.29, 1.82) is 0 Å². The third-order valence-electron chi connectivity index (χ3n) is 3.65. The number of aliphatic hydroxyl groups is 1. The number of nitrogen functional groups attached to an aromatic ring is 1. The predicted molar refractivity (Wildman–Crippen MR) is 83.9 cm³/mol. The number of rotatable bonds is 4. The zero-order chi connectivity index (χ0) is 15.5. The molecule has 0 aliphatic rings. The molecule has 1 amide bonds. The first-order chi connectivity index (χ1) is 9.98. The SMILES string of the molecule is Cc1cccc(N)c1C(=O)NC(C)(CO)c1ccccc1. The number of carbonyl (C=O) groups is 1. The number of aryl methyl sites for hydroxylation is 1. The van der Waals surface area contributed by atoms with E-state index < -0.39 is 5.54 Å². The molecule has 4 N–H and O–H groups in total. The zero-order valence-corrected chi connectivity index (χ0v) is 12.3. The first kappa shape index (κ1) is 15.1. The molecule has 2 rings (SSSR count). The van der Waals surface area contributed by atoms with Crippen LogP contribution in [0.3, 0.4) is 0 Å². The third-order valence-corrected chi connectivity index (χ3v) is 3.65. The second kappa shape index (κ2) is 5.97. The number of carbonyl (C=O) groups excluding carboxylic acids is 1. The Morgan fingerprint density at radius 3 is 2.43 bits per heavy atom. The lowest BCUT2D eigenvalue weighted by molar-refractivity contribution is 0.0850. The van der Waals surface area contributed by atoms with Crippen molar-refractivity contribution < 1.29 is 9.90 Å². The molecule has 0 saturated heterocycles. The van der Waals surface area contributed by atoms with E-state index in [1.807, 2.05) is 49.4 Å². The van der Waals surface area contributed by atoms with Crippen LogP contribution >= 0.6 is 0 Å². The molecule has 110 valence electrons. The summed E-state index contributed by atoms with van der Waals surface area (Å²) in [7, 11) is 0. The highest BCUT2D eigenvalue weighted by atomic mass is 16.3. The summed E-state index contributed by atoms with van der Waals surface area (Å²) < 4.78 is 0. The maximum atomic E-state index is 12.5. The van der Waals surface area contributed by atoms with E-state index in [-0.39, 0.29) is 12.5 Å². The summed E-state index contributed by atoms with van der Waals surface area (Å²) >= 11 is 0. The van der Waals surface area contributed by atoms with Crippen LogP contribution in [0.2, 0.25) is 0 Å². The van der Waals surface area contributed by atoms with Gasteiger partial charge in [0, 0.05) is 5.69 Å². The van der Waals surface area contributed by atoms with Crippen molar-refractivity contribution in [2.24, 2.45) is 0 Å². The van der Waals surface area contributed by atoms with Gasteiger partial charge in [-0.15, -0.1) is 0 Å². The van der Waals surface area contributed by atoms with Crippen LogP contribution < -0.4 is 11.1 Å². The van der Waals surface area contributed by atoms with Gasteiger partial charge >= 0.3 is 0 Å². The lowest BCUT2D eigenvalue weighted by atomic mass is 9.92. The molecular formula is C17H20N2O2. The molecule has 0 heterocycles. The van der Waals surface area contributed by atoms with Gasteiger partial charge in [-0.2, -0.15) is 0 Å². The summed E-state index contributed by atoms with van der Waals surface area (Å²) in [5, 5.41) is 12.6. The van der Waals surface area contributed by atoms with Gasteiger partial charge in [-0.1, -0.05) is 42.5 Å². The first-order valence-corrected chi connectivity index (χ1v) is 6.82. The molecule has 0 saturated carbocycles. The summed E-state index contributed by atoms with van der Waals surface area (Å²) in [6.45, 7) is 3.42. The minimum Gasteiger partial charge on any atom is -0.398 e. The fourth-order valence-corrected chi connectivity index (χ4v) is 2.32. The van der Waals surface area contributed by atoms with Gasteiger partial charge in [-0.3, -0.25) is 4.79 Å². The molecule has 1 unspecified atom stereocenters. The summed E-state index contributed by atoms with van der Waals surface area (Å²) in [5.74, 6) is -0.286. The molecule has 4 heteroatoms. The van der Waals surface area contributed by atoms with Gasteiger partial charge in [0.15, 0.2) is 0 Å². The Morgan fingerprint density at radius 1 is 1.19 bits per heavy atom. The van der Waals surface area contributed by atoms with E-state index in [1.54, 1.807) is 13.0 Å². The topological polar surface area (TPSA) is 75.4 Å². The number of nitrogens with one attached hydrogen (secondary N) is 1. The molecule has 0 bridgehead atoms. The van der Waals surface area contributed by atoms with Crippen LogP contribution in [0.25, 0.3) is 0 Å². The molecule has 1 atom stereocenters. The average Bonchev–Trinajstić information content (AvgIpc) is 2.48. The Hall–Kier alpha value is -2.33. The molecular weight excluding hydrogens is 264 g/mol. The van der Waals surface area contributed by atoms with Gasteiger partial charge in [0.25, 0.3) is 5.91 Å². The molecule has 0 fully saturated rings. The Kier molecular flexibility index (Phi) is 4.29. The predicted octanol–water partition coefficient (Wildman–Crippen LogP) is 2.21. The van der Waals surface area contributed by atoms with Crippen molar-refractivity contribution in [3.63, 3.8) is 0 Å². The van der Waals surface area contributed by atoms with Gasteiger partial charge < -0.3 is 16.2 Å². The van der Waals surface area contributed by atoms with Crippen molar-refractivity contribution in [3.05, 3.63) is 65.2 Å². The Morgan fingerprint density at radius 2 is 1.86 bits per heavy atom. The summed E-state index contributed by atoms with van der Waals surface area (Å²) in [4.78, 5) is 12.5. The monoisotopic (exact) mass is 284 g/mol. The number of aliphatic hydroxyl groups excluding tert-OH is 1. The molecule has 0 aromatic heterocycles. The Bertz CT molecular complexity index is 620. The van der Waals surface area contributed by atoms with Crippen molar-refractivity contribution >= 4 is 11.6 Å². The Balaban J connectivity index is 2.33. The van der Waals surface area contributed by atoms with Crippen LogP contribution in [0.5, 0.6) is 0 Å². The smallest absolute Gasteiger partial charge is 0.254 e. The van der Waals surface area contributed by atoms with Crippen molar-refractivity contribution in [1.82, 2.24) is 5.32 Å². The lowest BCUT2D eigenvalue weighted by Gasteiger charge is -2.30. The fraction of sp³-hybridized carbons (Fsp3) is 0.235. The molecule has 2 aromatic rings. The van der Waals surface area contributed by atoms with Crippen LogP contribution in [0.15, 0.2) is 48.5 Å². The molecule has 0 spiro atoms. The molecule has 2 aromatic carbocycles. The van der Waals surface area contributed by atoms with Crippen molar-refractivity contribution in [2.45, 2.75) is 19.4 Å². The highest BCUT2D eigenvalue weighted by Crippen LogP contribution is 2.23. The van der Waals surface area contributed by atoms with Crippen molar-refractivity contribution in [2.75, 3.05) is 12.3 Å². The molecule has 21 heavy (non-hydrogen) atoms. The van der Waals surface area contributed by atoms with Gasteiger partial charge in [-0.25, -0.2) is 0 Å². The first-order valence-electron chi connectivity index (χ1n) is 6.82. The van der Waals surface area contributed by atoms with E-state index >= 15 is 0 Å². The molecule has 0 aliphatic heterocycles. The van der Waals surface area contributed by atoms with E-state index in [2.05, 4.69) is 5.32 Å². The lowest BCUT2D eigenvalue weighted by Crippen LogP contribution is -2.46. The number of nitrogens with two attached hydrogens (primary N) is 1. The second-order valence-corrected chi connectivity index (χ2v) is 5.35. The number of anilines is 1. The van der Waals surface area contributed by atoms with E-state index in [9.17, 15) is 9.90 Å². The number of amides is 1. The van der Waals surface area contributed by atoms with E-state index in [1.165, 1.54) is 0 Å². The maximum absolute atomic E-state index is 12.5. The quantitative estimate of drug-likeness (QED) is 0.754. The minimum absolute atomic E-state index is 0.200. The molecule has 0 aliphatic carbocycles. The van der Waals surface area contributed by atoms with Crippen LogP contribution in [0.1, 0.15) is 28.4 Å². The largest absolute Gasteiger partial charge is 0.398 e. The van der Waals surface area contributed by atoms with Crippen LogP contribution in [0.4, 0.5) is 5.69 Å². The normalized spacial score (nSPS) is 13.5. The zero-order valence-electron chi connectivity index (χ0n) is 12.3. The third kappa shape index (κ3) is 3.06.